The molecule has 0 amide bonds. The van der Waals surface area contributed by atoms with Gasteiger partial charge in [0.25, 0.3) is 0 Å². The second-order valence-electron chi connectivity index (χ2n) is 13.8. The highest BCUT2D eigenvalue weighted by Crippen LogP contribution is 2.68. The molecule has 0 radical (unpaired) electrons. The number of fused-ring (bicyclic) bond motifs is 5. The molecule has 3 saturated carbocycles. The smallest absolute Gasteiger partial charge is 0.159 e. The Kier molecular flexibility index (Phi) is 6.70. The highest BCUT2D eigenvalue weighted by Gasteiger charge is 2.71. The third-order valence-electron chi connectivity index (χ3n) is 11.2. The summed E-state index contributed by atoms with van der Waals surface area (Å²) in [5, 5.41) is 77.7. The number of carbonyl (C=O) groups is 1. The molecule has 4 aliphatic carbocycles. The molecule has 0 aliphatic heterocycles. The van der Waals surface area contributed by atoms with Gasteiger partial charge in [-0.2, -0.15) is 0 Å². The summed E-state index contributed by atoms with van der Waals surface area (Å²) < 4.78 is 0. The van der Waals surface area contributed by atoms with E-state index in [4.69, 9.17) is 0 Å². The number of hydrogen-bond acceptors (Lipinski definition) is 8. The molecule has 0 heterocycles. The number of aliphatic hydroxyl groups excluding tert-OH is 4. The average Bonchev–Trinajstić information content (AvgIpc) is 3.01. The van der Waals surface area contributed by atoms with Crippen LogP contribution < -0.4 is 0 Å². The van der Waals surface area contributed by atoms with Crippen LogP contribution in [-0.2, 0) is 4.79 Å². The second kappa shape index (κ2) is 8.57. The first-order chi connectivity index (χ1) is 16.3. The van der Waals surface area contributed by atoms with Gasteiger partial charge in [0.15, 0.2) is 5.78 Å². The van der Waals surface area contributed by atoms with Gasteiger partial charge in [-0.05, 0) is 88.2 Å². The number of carbonyl (C=O) groups excluding carboxylic acids is 1. The number of aliphatic hydroxyl groups is 7. The summed E-state index contributed by atoms with van der Waals surface area (Å²) in [6.07, 6.45) is -1.44. The van der Waals surface area contributed by atoms with Crippen molar-refractivity contribution in [1.82, 2.24) is 0 Å². The lowest BCUT2D eigenvalue weighted by Gasteiger charge is -2.62. The normalized spacial score (nSPS) is 48.2. The summed E-state index contributed by atoms with van der Waals surface area (Å²) in [6.45, 7) is 10.4. The molecule has 206 valence electrons. The Morgan fingerprint density at radius 2 is 1.67 bits per heavy atom. The maximum Gasteiger partial charge on any atom is 0.159 e. The van der Waals surface area contributed by atoms with Gasteiger partial charge >= 0.3 is 0 Å². The molecular weight excluding hydrogens is 464 g/mol. The predicted molar refractivity (Wildman–Crippen MR) is 133 cm³/mol. The van der Waals surface area contributed by atoms with Crippen LogP contribution in [0.1, 0.15) is 80.1 Å². The van der Waals surface area contributed by atoms with Crippen molar-refractivity contribution in [1.29, 1.82) is 0 Å². The van der Waals surface area contributed by atoms with Gasteiger partial charge in [0.1, 0.15) is 0 Å². The zero-order chi connectivity index (χ0) is 27.2. The van der Waals surface area contributed by atoms with E-state index in [1.807, 2.05) is 20.8 Å². The molecule has 4 rings (SSSR count). The maximum atomic E-state index is 13.3. The van der Waals surface area contributed by atoms with Crippen molar-refractivity contribution in [2.45, 2.75) is 121 Å². The van der Waals surface area contributed by atoms with Gasteiger partial charge in [-0.3, -0.25) is 4.79 Å². The third-order valence-corrected chi connectivity index (χ3v) is 11.2. The molecule has 0 aromatic rings. The minimum atomic E-state index is -1.61. The van der Waals surface area contributed by atoms with Crippen LogP contribution in [0.3, 0.4) is 0 Å². The van der Waals surface area contributed by atoms with E-state index in [1.165, 1.54) is 6.08 Å². The van der Waals surface area contributed by atoms with Crippen LogP contribution in [-0.4, -0.2) is 82.7 Å². The molecule has 4 aliphatic rings. The average molecular weight is 511 g/mol. The Hall–Kier alpha value is -0.870. The fourth-order valence-electron chi connectivity index (χ4n) is 8.52. The van der Waals surface area contributed by atoms with Gasteiger partial charge in [0.05, 0.1) is 41.2 Å². The lowest BCUT2D eigenvalue weighted by atomic mass is 9.44. The molecule has 3 fully saturated rings. The number of allylic oxidation sites excluding steroid dienone is 1. The van der Waals surface area contributed by atoms with Crippen LogP contribution in [0.15, 0.2) is 11.6 Å². The van der Waals surface area contributed by atoms with Gasteiger partial charge in [-0.1, -0.05) is 20.8 Å². The maximum absolute atomic E-state index is 13.3. The summed E-state index contributed by atoms with van der Waals surface area (Å²) in [5.74, 6) is -2.21. The zero-order valence-corrected chi connectivity index (χ0v) is 22.5. The molecule has 8 heteroatoms. The Balaban J connectivity index is 1.71. The van der Waals surface area contributed by atoms with E-state index in [9.17, 15) is 40.5 Å². The first-order valence-electron chi connectivity index (χ1n) is 13.5. The van der Waals surface area contributed by atoms with E-state index >= 15 is 0 Å². The van der Waals surface area contributed by atoms with Crippen LogP contribution >= 0.6 is 0 Å². The van der Waals surface area contributed by atoms with Crippen LogP contribution in [0, 0.1) is 34.5 Å². The van der Waals surface area contributed by atoms with E-state index in [0.717, 1.165) is 0 Å². The minimum Gasteiger partial charge on any atom is -0.392 e. The Bertz CT molecular complexity index is 923. The predicted octanol–water partition coefficient (Wildman–Crippen LogP) is 1.07. The van der Waals surface area contributed by atoms with Gasteiger partial charge in [-0.15, -0.1) is 0 Å². The molecule has 0 saturated heterocycles. The number of hydrogen-bond donors (Lipinski definition) is 7. The summed E-state index contributed by atoms with van der Waals surface area (Å²) in [5.41, 5.74) is -5.51. The fraction of sp³-hybridized carbons (Fsp3) is 0.893. The highest BCUT2D eigenvalue weighted by atomic mass is 16.3. The minimum absolute atomic E-state index is 0.113. The molecule has 36 heavy (non-hydrogen) atoms. The molecule has 12 atom stereocenters. The molecule has 7 N–H and O–H groups in total. The zero-order valence-electron chi connectivity index (χ0n) is 22.5. The van der Waals surface area contributed by atoms with Crippen molar-refractivity contribution < 1.29 is 40.5 Å². The van der Waals surface area contributed by atoms with Crippen LogP contribution in [0.4, 0.5) is 0 Å². The van der Waals surface area contributed by atoms with Crippen LogP contribution in [0.5, 0.6) is 0 Å². The second-order valence-corrected chi connectivity index (χ2v) is 13.8. The summed E-state index contributed by atoms with van der Waals surface area (Å²) in [4.78, 5) is 13.3. The van der Waals surface area contributed by atoms with Crippen molar-refractivity contribution in [2.24, 2.45) is 34.5 Å². The van der Waals surface area contributed by atoms with Gasteiger partial charge < -0.3 is 35.7 Å². The number of ketones is 1. The first kappa shape index (κ1) is 28.1. The Morgan fingerprint density at radius 3 is 2.25 bits per heavy atom. The van der Waals surface area contributed by atoms with Crippen LogP contribution in [0.2, 0.25) is 0 Å². The summed E-state index contributed by atoms with van der Waals surface area (Å²) in [7, 11) is 0. The SMILES string of the molecule is C[C@@H](C[C@@H](O)[C@](C)(O)[C@H]1CC[C@@]2(O)C3=CC(=O)[C@@H]4C[C@@H](O)[C@@H](O)C[C@]4(C)[C@H]3[C@H](O)C[C@]12C)C(C)(C)O. The van der Waals surface area contributed by atoms with Gasteiger partial charge in [0.2, 0.25) is 0 Å². The van der Waals surface area contributed by atoms with Gasteiger partial charge in [0, 0.05) is 17.3 Å². The van der Waals surface area contributed by atoms with E-state index in [1.54, 1.807) is 20.8 Å². The molecule has 0 bridgehead atoms. The van der Waals surface area contributed by atoms with E-state index in [-0.39, 0.29) is 43.8 Å². The fourth-order valence-corrected chi connectivity index (χ4v) is 8.52. The van der Waals surface area contributed by atoms with Gasteiger partial charge in [-0.25, -0.2) is 0 Å². The van der Waals surface area contributed by atoms with E-state index < -0.39 is 69.8 Å². The van der Waals surface area contributed by atoms with E-state index in [0.29, 0.717) is 12.0 Å². The van der Waals surface area contributed by atoms with Crippen LogP contribution in [0.25, 0.3) is 0 Å². The van der Waals surface area contributed by atoms with Crippen molar-refractivity contribution >= 4 is 5.78 Å². The summed E-state index contributed by atoms with van der Waals surface area (Å²) in [6, 6.07) is 0. The molecule has 0 aromatic carbocycles. The topological polar surface area (TPSA) is 159 Å². The Labute approximate surface area is 214 Å². The molecular formula is C28H46O8. The lowest BCUT2D eigenvalue weighted by Crippen LogP contribution is -2.66. The van der Waals surface area contributed by atoms with Crippen molar-refractivity contribution in [3.8, 4) is 0 Å². The highest BCUT2D eigenvalue weighted by molar-refractivity contribution is 5.95. The monoisotopic (exact) mass is 510 g/mol. The standard InChI is InChI=1S/C28H46O8/c1-14(24(2,3)34)9-22(33)27(6,35)21-7-8-28(36)16-11-17(29)15-10-18(30)19(31)12-25(15,4)23(16)20(32)13-26(21,28)5/h11,14-15,18-23,30-36H,7-10,12-13H2,1-6H3/t14-,15-,18+,19-,20+,21-,22+,23+,25-,26+,27+,28+/m0/s1. The van der Waals surface area contributed by atoms with Crippen molar-refractivity contribution in [3.05, 3.63) is 11.6 Å². The molecule has 0 aromatic heterocycles. The molecule has 0 spiro atoms. The molecule has 0 unspecified atom stereocenters. The number of rotatable bonds is 5. The largest absolute Gasteiger partial charge is 0.392 e. The Morgan fingerprint density at radius 1 is 1.06 bits per heavy atom. The third kappa shape index (κ3) is 3.86. The quantitative estimate of drug-likeness (QED) is 0.289. The lowest BCUT2D eigenvalue weighted by molar-refractivity contribution is -0.198. The van der Waals surface area contributed by atoms with Crippen molar-refractivity contribution in [3.63, 3.8) is 0 Å². The van der Waals surface area contributed by atoms with Crippen molar-refractivity contribution in [2.75, 3.05) is 0 Å². The molecule has 8 nitrogen and oxygen atoms in total. The first-order valence-corrected chi connectivity index (χ1v) is 13.5. The van der Waals surface area contributed by atoms with E-state index in [2.05, 4.69) is 0 Å². The summed E-state index contributed by atoms with van der Waals surface area (Å²) >= 11 is 0.